The van der Waals surface area contributed by atoms with E-state index < -0.39 is 5.97 Å². The van der Waals surface area contributed by atoms with E-state index in [0.29, 0.717) is 18.6 Å². The van der Waals surface area contributed by atoms with Crippen LogP contribution in [0.5, 0.6) is 0 Å². The van der Waals surface area contributed by atoms with Crippen molar-refractivity contribution in [2.24, 2.45) is 0 Å². The van der Waals surface area contributed by atoms with Crippen LogP contribution in [0.25, 0.3) is 0 Å². The van der Waals surface area contributed by atoms with Crippen molar-refractivity contribution in [1.82, 2.24) is 0 Å². The van der Waals surface area contributed by atoms with Gasteiger partial charge in [-0.05, 0) is 44.6 Å². The van der Waals surface area contributed by atoms with Crippen LogP contribution in [0.3, 0.4) is 0 Å². The average Bonchev–Trinajstić information content (AvgIpc) is 2.58. The molecule has 3 nitrogen and oxygen atoms in total. The number of hydrogen-bond donors (Lipinski definition) is 2. The topological polar surface area (TPSA) is 57.5 Å². The van der Waals surface area contributed by atoms with Gasteiger partial charge in [0, 0.05) is 12.8 Å². The molecular formula is C22H34O3. The lowest BCUT2D eigenvalue weighted by atomic mass is 10.2. The number of rotatable bonds is 15. The monoisotopic (exact) mass is 346 g/mol. The van der Waals surface area contributed by atoms with Gasteiger partial charge in [-0.1, -0.05) is 68.4 Å². The quantitative estimate of drug-likeness (QED) is 0.198. The molecular weight excluding hydrogens is 312 g/mol. The van der Waals surface area contributed by atoms with E-state index in [9.17, 15) is 9.90 Å². The van der Waals surface area contributed by atoms with Crippen molar-refractivity contribution < 1.29 is 15.0 Å². The number of carbonyl (C=O) groups is 1. The van der Waals surface area contributed by atoms with Crippen LogP contribution in [0.1, 0.15) is 71.1 Å². The van der Waals surface area contributed by atoms with Gasteiger partial charge in [0.15, 0.2) is 0 Å². The Morgan fingerprint density at radius 1 is 0.760 bits per heavy atom. The number of aliphatic carboxylic acids is 1. The van der Waals surface area contributed by atoms with Crippen molar-refractivity contribution in [2.75, 3.05) is 0 Å². The smallest absolute Gasteiger partial charge is 0.303 e. The van der Waals surface area contributed by atoms with Gasteiger partial charge in [-0.3, -0.25) is 4.79 Å². The molecule has 0 bridgehead atoms. The zero-order valence-corrected chi connectivity index (χ0v) is 15.6. The molecule has 0 aliphatic carbocycles. The predicted octanol–water partition coefficient (Wildman–Crippen LogP) is 6.66. The predicted molar refractivity (Wildman–Crippen MR) is 107 cm³/mol. The summed E-state index contributed by atoms with van der Waals surface area (Å²) < 4.78 is 0. The number of carboxylic acid groups (broad SMARTS) is 1. The molecule has 0 atom stereocenters. The molecule has 0 rings (SSSR count). The Morgan fingerprint density at radius 2 is 1.32 bits per heavy atom. The molecule has 25 heavy (non-hydrogen) atoms. The molecule has 0 spiro atoms. The number of aliphatic hydroxyl groups excluding tert-OH is 1. The second kappa shape index (κ2) is 18.3. The van der Waals surface area contributed by atoms with E-state index in [2.05, 4.69) is 37.3 Å². The van der Waals surface area contributed by atoms with Crippen LogP contribution in [0.4, 0.5) is 0 Å². The third-order valence-electron chi connectivity index (χ3n) is 3.51. The van der Waals surface area contributed by atoms with Gasteiger partial charge in [-0.15, -0.1) is 0 Å². The summed E-state index contributed by atoms with van der Waals surface area (Å²) in [5, 5.41) is 18.3. The maximum Gasteiger partial charge on any atom is 0.303 e. The Labute approximate surface area is 153 Å². The Hall–Kier alpha value is -2.03. The van der Waals surface area contributed by atoms with Crippen molar-refractivity contribution in [1.29, 1.82) is 0 Å². The Morgan fingerprint density at radius 3 is 1.96 bits per heavy atom. The van der Waals surface area contributed by atoms with E-state index in [-0.39, 0.29) is 6.42 Å². The number of carboxylic acids is 1. The minimum absolute atomic E-state index is 0.238. The lowest BCUT2D eigenvalue weighted by Gasteiger charge is -1.93. The molecule has 140 valence electrons. The first kappa shape index (κ1) is 23.0. The van der Waals surface area contributed by atoms with E-state index in [4.69, 9.17) is 5.11 Å². The Bertz CT molecular complexity index is 468. The zero-order chi connectivity index (χ0) is 18.6. The zero-order valence-electron chi connectivity index (χ0n) is 15.6. The van der Waals surface area contributed by atoms with E-state index in [1.54, 1.807) is 0 Å². The van der Waals surface area contributed by atoms with Crippen LogP contribution in [-0.2, 0) is 4.79 Å². The van der Waals surface area contributed by atoms with Crippen LogP contribution in [0, 0.1) is 0 Å². The third kappa shape index (κ3) is 19.9. The third-order valence-corrected chi connectivity index (χ3v) is 3.51. The molecule has 0 aromatic heterocycles. The fraction of sp³-hybridized carbons (Fsp3) is 0.500. The largest absolute Gasteiger partial charge is 0.512 e. The van der Waals surface area contributed by atoms with Crippen LogP contribution in [-0.4, -0.2) is 16.2 Å². The summed E-state index contributed by atoms with van der Waals surface area (Å²) in [6, 6.07) is 0. The van der Waals surface area contributed by atoms with Gasteiger partial charge in [0.2, 0.25) is 0 Å². The minimum Gasteiger partial charge on any atom is -0.512 e. The standard InChI is InChI=1S/C22H34O3/c1-2-3-4-5-12-15-18-21(23)19-16-13-10-8-6-7-9-11-14-17-20-22(24)25/h5-6,8-9,11-13,16,18,23H,2-4,7,10,14-15,17,19-20H2,1H3,(H,24,25)/b8-6-,11-9-,12-5-,16-13-,21-18-. The normalized spacial score (nSPS) is 13.1. The van der Waals surface area contributed by atoms with Crippen LogP contribution >= 0.6 is 0 Å². The second-order valence-electron chi connectivity index (χ2n) is 5.92. The van der Waals surface area contributed by atoms with Gasteiger partial charge < -0.3 is 10.2 Å². The molecule has 0 saturated carbocycles. The molecule has 0 fully saturated rings. The molecule has 0 aliphatic heterocycles. The SMILES string of the molecule is CCCC/C=C\C/C=C(\O)C/C=C\C/C=C\C/C=C\CCCC(=O)O. The molecule has 0 heterocycles. The fourth-order valence-corrected chi connectivity index (χ4v) is 2.06. The highest BCUT2D eigenvalue weighted by atomic mass is 16.4. The summed E-state index contributed by atoms with van der Waals surface area (Å²) in [6.07, 6.45) is 26.9. The highest BCUT2D eigenvalue weighted by molar-refractivity contribution is 5.66. The van der Waals surface area contributed by atoms with Crippen molar-refractivity contribution in [3.05, 3.63) is 60.4 Å². The maximum absolute atomic E-state index is 10.3. The van der Waals surface area contributed by atoms with Gasteiger partial charge in [-0.25, -0.2) is 0 Å². The molecule has 0 amide bonds. The molecule has 3 heteroatoms. The summed E-state index contributed by atoms with van der Waals surface area (Å²) in [6.45, 7) is 2.18. The Kier molecular flexibility index (Phi) is 16.8. The van der Waals surface area contributed by atoms with Crippen molar-refractivity contribution >= 4 is 5.97 Å². The average molecular weight is 347 g/mol. The molecule has 2 N–H and O–H groups in total. The van der Waals surface area contributed by atoms with E-state index in [0.717, 1.165) is 32.1 Å². The number of unbranched alkanes of at least 4 members (excludes halogenated alkanes) is 3. The lowest BCUT2D eigenvalue weighted by Crippen LogP contribution is -1.92. The first-order valence-electron chi connectivity index (χ1n) is 9.36. The molecule has 0 aromatic rings. The van der Waals surface area contributed by atoms with Crippen molar-refractivity contribution in [3.63, 3.8) is 0 Å². The lowest BCUT2D eigenvalue weighted by molar-refractivity contribution is -0.137. The molecule has 0 saturated heterocycles. The second-order valence-corrected chi connectivity index (χ2v) is 5.92. The molecule has 0 unspecified atom stereocenters. The maximum atomic E-state index is 10.3. The first-order valence-corrected chi connectivity index (χ1v) is 9.36. The van der Waals surface area contributed by atoms with E-state index in [1.807, 2.05) is 24.3 Å². The first-order chi connectivity index (χ1) is 12.2. The summed E-state index contributed by atoms with van der Waals surface area (Å²) >= 11 is 0. The highest BCUT2D eigenvalue weighted by Crippen LogP contribution is 2.03. The van der Waals surface area contributed by atoms with Crippen LogP contribution in [0.15, 0.2) is 60.4 Å². The molecule has 0 aliphatic rings. The van der Waals surface area contributed by atoms with Crippen molar-refractivity contribution in [3.8, 4) is 0 Å². The van der Waals surface area contributed by atoms with Gasteiger partial charge in [0.05, 0.1) is 5.76 Å². The number of allylic oxidation sites excluding steroid dienone is 9. The number of aliphatic hydroxyl groups is 1. The fourth-order valence-electron chi connectivity index (χ4n) is 2.06. The molecule has 0 aromatic carbocycles. The van der Waals surface area contributed by atoms with Gasteiger partial charge in [0.1, 0.15) is 0 Å². The summed E-state index contributed by atoms with van der Waals surface area (Å²) in [7, 11) is 0. The summed E-state index contributed by atoms with van der Waals surface area (Å²) in [5.41, 5.74) is 0. The highest BCUT2D eigenvalue weighted by Gasteiger charge is 1.92. The van der Waals surface area contributed by atoms with Gasteiger partial charge in [-0.2, -0.15) is 0 Å². The van der Waals surface area contributed by atoms with Crippen LogP contribution in [0.2, 0.25) is 0 Å². The Balaban J connectivity index is 3.64. The van der Waals surface area contributed by atoms with E-state index >= 15 is 0 Å². The van der Waals surface area contributed by atoms with E-state index in [1.165, 1.54) is 12.8 Å². The molecule has 0 radical (unpaired) electrons. The van der Waals surface area contributed by atoms with Gasteiger partial charge in [0.25, 0.3) is 0 Å². The van der Waals surface area contributed by atoms with Crippen LogP contribution < -0.4 is 0 Å². The van der Waals surface area contributed by atoms with Crippen molar-refractivity contribution in [2.45, 2.75) is 71.1 Å². The minimum atomic E-state index is -0.732. The van der Waals surface area contributed by atoms with Gasteiger partial charge >= 0.3 is 5.97 Å². The summed E-state index contributed by atoms with van der Waals surface area (Å²) in [4.78, 5) is 10.3. The number of hydrogen-bond acceptors (Lipinski definition) is 2. The summed E-state index contributed by atoms with van der Waals surface area (Å²) in [5.74, 6) is -0.311.